The Hall–Kier alpha value is -0.530. The molecule has 4 aliphatic rings. The van der Waals surface area contributed by atoms with Crippen molar-refractivity contribution in [3.8, 4) is 0 Å². The van der Waals surface area contributed by atoms with Crippen LogP contribution in [-0.4, -0.2) is 24.9 Å². The lowest BCUT2D eigenvalue weighted by Crippen LogP contribution is -2.45. The Kier molecular flexibility index (Phi) is 2.31. The van der Waals surface area contributed by atoms with E-state index < -0.39 is 0 Å². The van der Waals surface area contributed by atoms with E-state index in [0.717, 1.165) is 17.8 Å². The van der Waals surface area contributed by atoms with E-state index in [0.29, 0.717) is 5.91 Å². The highest BCUT2D eigenvalue weighted by Crippen LogP contribution is 2.57. The van der Waals surface area contributed by atoms with Crippen molar-refractivity contribution < 1.29 is 4.79 Å². The predicted octanol–water partition coefficient (Wildman–Crippen LogP) is 2.68. The van der Waals surface area contributed by atoms with Crippen LogP contribution in [0.1, 0.15) is 44.9 Å². The van der Waals surface area contributed by atoms with Crippen molar-refractivity contribution in [1.29, 1.82) is 0 Å². The molecular weight excluding hydrogens is 198 g/mol. The molecule has 0 unspecified atom stereocenters. The van der Waals surface area contributed by atoms with Gasteiger partial charge in [0.05, 0.1) is 0 Å². The maximum atomic E-state index is 12.5. The van der Waals surface area contributed by atoms with Crippen molar-refractivity contribution >= 4 is 5.91 Å². The van der Waals surface area contributed by atoms with E-state index >= 15 is 0 Å². The zero-order valence-corrected chi connectivity index (χ0v) is 10.5. The summed E-state index contributed by atoms with van der Waals surface area (Å²) in [5.74, 6) is 3.10. The van der Waals surface area contributed by atoms with Crippen molar-refractivity contribution in [2.45, 2.75) is 44.9 Å². The molecule has 4 aliphatic carbocycles. The second-order valence-corrected chi connectivity index (χ2v) is 6.73. The van der Waals surface area contributed by atoms with Gasteiger partial charge in [0, 0.05) is 19.5 Å². The van der Waals surface area contributed by atoms with E-state index in [1.165, 1.54) is 44.9 Å². The van der Waals surface area contributed by atoms with Crippen molar-refractivity contribution in [2.24, 2.45) is 23.2 Å². The fraction of sp³-hybridized carbons (Fsp3) is 0.929. The number of amides is 1. The molecule has 0 radical (unpaired) electrons. The fourth-order valence-electron chi connectivity index (χ4n) is 4.90. The maximum absolute atomic E-state index is 12.5. The molecule has 4 fully saturated rings. The van der Waals surface area contributed by atoms with Crippen molar-refractivity contribution in [3.05, 3.63) is 0 Å². The first-order valence-electron chi connectivity index (χ1n) is 6.81. The van der Waals surface area contributed by atoms with Gasteiger partial charge in [0.2, 0.25) is 5.91 Å². The molecule has 0 saturated heterocycles. The van der Waals surface area contributed by atoms with Crippen LogP contribution in [0.25, 0.3) is 0 Å². The van der Waals surface area contributed by atoms with Gasteiger partial charge in [-0.2, -0.15) is 0 Å². The third kappa shape index (κ3) is 1.49. The van der Waals surface area contributed by atoms with Gasteiger partial charge in [-0.15, -0.1) is 0 Å². The topological polar surface area (TPSA) is 20.3 Å². The predicted molar refractivity (Wildman–Crippen MR) is 63.9 cm³/mol. The quantitative estimate of drug-likeness (QED) is 0.666. The summed E-state index contributed by atoms with van der Waals surface area (Å²) in [6.07, 6.45) is 9.11. The summed E-state index contributed by atoms with van der Waals surface area (Å²) in [7, 11) is 3.85. The van der Waals surface area contributed by atoms with Crippen LogP contribution < -0.4 is 0 Å². The summed E-state index contributed by atoms with van der Waals surface area (Å²) in [5, 5.41) is 0. The highest BCUT2D eigenvalue weighted by Gasteiger charge is 2.51. The Bertz CT molecular complexity index is 296. The van der Waals surface area contributed by atoms with Gasteiger partial charge in [-0.1, -0.05) is 0 Å². The molecule has 2 nitrogen and oxygen atoms in total. The summed E-state index contributed by atoms with van der Waals surface area (Å²) in [5.41, 5.74) is 0.0440. The Morgan fingerprint density at radius 2 is 1.62 bits per heavy atom. The molecule has 90 valence electrons. The molecule has 2 atom stereocenters. The van der Waals surface area contributed by atoms with E-state index in [4.69, 9.17) is 0 Å². The normalized spacial score (nSPS) is 45.5. The first-order valence-corrected chi connectivity index (χ1v) is 6.81. The highest BCUT2D eigenvalue weighted by atomic mass is 16.2. The average molecular weight is 221 g/mol. The second kappa shape index (κ2) is 3.48. The number of nitrogens with zero attached hydrogens (tertiary/aromatic N) is 1. The summed E-state index contributed by atoms with van der Waals surface area (Å²) in [6.45, 7) is 0. The van der Waals surface area contributed by atoms with Crippen LogP contribution in [0.15, 0.2) is 0 Å². The standard InChI is InChI=1S/C14H23NO/c1-15(2)13(16)14-4-3-10-5-11(8-14)7-12(6-10)9-14/h10-12H,3-9H2,1-2H3/t10?,11-,12-,14?/m0/s1. The maximum Gasteiger partial charge on any atom is 0.228 e. The zero-order valence-electron chi connectivity index (χ0n) is 10.5. The van der Waals surface area contributed by atoms with Gasteiger partial charge in [0.15, 0.2) is 0 Å². The van der Waals surface area contributed by atoms with E-state index in [1.54, 1.807) is 0 Å². The van der Waals surface area contributed by atoms with Crippen LogP contribution in [0.5, 0.6) is 0 Å². The number of hydrogen-bond acceptors (Lipinski definition) is 1. The number of carbonyl (C=O) groups excluding carboxylic acids is 1. The second-order valence-electron chi connectivity index (χ2n) is 6.73. The first kappa shape index (κ1) is 10.6. The molecule has 1 amide bonds. The van der Waals surface area contributed by atoms with Crippen LogP contribution in [0.2, 0.25) is 0 Å². The molecule has 0 aromatic carbocycles. The molecule has 0 aromatic heterocycles. The van der Waals surface area contributed by atoms with E-state index in [-0.39, 0.29) is 5.41 Å². The van der Waals surface area contributed by atoms with Crippen molar-refractivity contribution in [2.75, 3.05) is 14.1 Å². The minimum Gasteiger partial charge on any atom is -0.348 e. The minimum atomic E-state index is 0.0440. The van der Waals surface area contributed by atoms with Crippen LogP contribution in [0.4, 0.5) is 0 Å². The van der Waals surface area contributed by atoms with Gasteiger partial charge in [-0.05, 0) is 62.7 Å². The summed E-state index contributed by atoms with van der Waals surface area (Å²) in [4.78, 5) is 14.3. The Morgan fingerprint density at radius 1 is 1.06 bits per heavy atom. The smallest absolute Gasteiger partial charge is 0.228 e. The number of carbonyl (C=O) groups is 1. The fourth-order valence-corrected chi connectivity index (χ4v) is 4.90. The van der Waals surface area contributed by atoms with Crippen LogP contribution in [0.3, 0.4) is 0 Å². The third-order valence-electron chi connectivity index (χ3n) is 5.25. The van der Waals surface area contributed by atoms with Crippen LogP contribution in [0, 0.1) is 23.2 Å². The molecule has 16 heavy (non-hydrogen) atoms. The molecule has 4 bridgehead atoms. The zero-order chi connectivity index (χ0) is 11.3. The van der Waals surface area contributed by atoms with Crippen LogP contribution >= 0.6 is 0 Å². The molecule has 0 heterocycles. The van der Waals surface area contributed by atoms with E-state index in [2.05, 4.69) is 0 Å². The molecule has 4 rings (SSSR count). The van der Waals surface area contributed by atoms with Gasteiger partial charge in [-0.3, -0.25) is 4.79 Å². The molecule has 0 aromatic rings. The van der Waals surface area contributed by atoms with Gasteiger partial charge in [0.25, 0.3) is 0 Å². The summed E-state index contributed by atoms with van der Waals surface area (Å²) >= 11 is 0. The Morgan fingerprint density at radius 3 is 2.19 bits per heavy atom. The number of hydrogen-bond donors (Lipinski definition) is 0. The van der Waals surface area contributed by atoms with Gasteiger partial charge >= 0.3 is 0 Å². The van der Waals surface area contributed by atoms with Gasteiger partial charge < -0.3 is 4.90 Å². The van der Waals surface area contributed by atoms with E-state index in [9.17, 15) is 4.79 Å². The molecule has 2 heteroatoms. The first-order chi connectivity index (χ1) is 7.59. The minimum absolute atomic E-state index is 0.0440. The molecule has 0 aliphatic heterocycles. The van der Waals surface area contributed by atoms with Crippen LogP contribution in [-0.2, 0) is 4.79 Å². The lowest BCUT2D eigenvalue weighted by atomic mass is 9.61. The molecular formula is C14H23NO. The monoisotopic (exact) mass is 221 g/mol. The highest BCUT2D eigenvalue weighted by molar-refractivity contribution is 5.82. The summed E-state index contributed by atoms with van der Waals surface area (Å²) < 4.78 is 0. The molecule has 0 N–H and O–H groups in total. The van der Waals surface area contributed by atoms with Crippen molar-refractivity contribution in [3.63, 3.8) is 0 Å². The van der Waals surface area contributed by atoms with Gasteiger partial charge in [0.1, 0.15) is 0 Å². The lowest BCUT2D eigenvalue weighted by Gasteiger charge is -2.45. The largest absolute Gasteiger partial charge is 0.348 e. The number of rotatable bonds is 1. The SMILES string of the molecule is CN(C)C(=O)C12CCC3C[C@@H](C[C@H](C3)C1)C2. The molecule has 4 saturated carbocycles. The van der Waals surface area contributed by atoms with Crippen molar-refractivity contribution in [1.82, 2.24) is 4.90 Å². The average Bonchev–Trinajstić information content (AvgIpc) is 2.43. The third-order valence-corrected chi connectivity index (χ3v) is 5.25. The Labute approximate surface area is 98.4 Å². The summed E-state index contributed by atoms with van der Waals surface area (Å²) in [6, 6.07) is 0. The molecule has 0 spiro atoms. The Balaban J connectivity index is 1.92. The number of fused-ring (bicyclic) bond motifs is 1. The van der Waals surface area contributed by atoms with Gasteiger partial charge in [-0.25, -0.2) is 0 Å². The lowest BCUT2D eigenvalue weighted by molar-refractivity contribution is -0.144. The van der Waals surface area contributed by atoms with E-state index in [1.807, 2.05) is 19.0 Å².